The minimum atomic E-state index is -0.585. The summed E-state index contributed by atoms with van der Waals surface area (Å²) in [5.74, 6) is 0. The van der Waals surface area contributed by atoms with Gasteiger partial charge in [0.05, 0.1) is 16.9 Å². The van der Waals surface area contributed by atoms with Gasteiger partial charge in [0.2, 0.25) is 0 Å². The van der Waals surface area contributed by atoms with Gasteiger partial charge in [-0.15, -0.1) is 0 Å². The Morgan fingerprint density at radius 3 is 2.54 bits per heavy atom. The highest BCUT2D eigenvalue weighted by Crippen LogP contribution is 2.29. The van der Waals surface area contributed by atoms with Gasteiger partial charge in [-0.1, -0.05) is 35.9 Å². The molecule has 0 aliphatic carbocycles. The van der Waals surface area contributed by atoms with Crippen molar-refractivity contribution in [3.63, 3.8) is 0 Å². The van der Waals surface area contributed by atoms with Gasteiger partial charge in [0.1, 0.15) is 10.8 Å². The molecule has 0 aliphatic rings. The van der Waals surface area contributed by atoms with Gasteiger partial charge in [-0.2, -0.15) is 0 Å². The van der Waals surface area contributed by atoms with Gasteiger partial charge in [0.15, 0.2) is 0 Å². The van der Waals surface area contributed by atoms with Crippen molar-refractivity contribution in [1.82, 2.24) is 9.55 Å². The third-order valence-corrected chi connectivity index (χ3v) is 3.97. The molecule has 0 spiro atoms. The third-order valence-electron chi connectivity index (χ3n) is 3.58. The molecular formula is C19H19ClN2O2. The zero-order valence-corrected chi connectivity index (χ0v) is 14.9. The first-order valence-electron chi connectivity index (χ1n) is 7.73. The van der Waals surface area contributed by atoms with E-state index in [0.29, 0.717) is 16.5 Å². The number of aryl methyl sites for hydroxylation is 1. The lowest BCUT2D eigenvalue weighted by atomic mass is 10.2. The van der Waals surface area contributed by atoms with Crippen molar-refractivity contribution >= 4 is 28.6 Å². The second-order valence-electron chi connectivity index (χ2n) is 6.71. The van der Waals surface area contributed by atoms with Crippen LogP contribution in [0.15, 0.2) is 42.5 Å². The molecule has 0 bridgehead atoms. The van der Waals surface area contributed by atoms with E-state index in [9.17, 15) is 4.79 Å². The number of hydrogen-bond donors (Lipinski definition) is 0. The van der Waals surface area contributed by atoms with Crippen LogP contribution in [-0.4, -0.2) is 21.2 Å². The molecule has 1 aromatic carbocycles. The molecule has 3 aromatic rings. The van der Waals surface area contributed by atoms with Crippen molar-refractivity contribution in [2.45, 2.75) is 33.3 Å². The van der Waals surface area contributed by atoms with Crippen LogP contribution < -0.4 is 0 Å². The smallest absolute Gasteiger partial charge is 0.419 e. The lowest BCUT2D eigenvalue weighted by molar-refractivity contribution is 0.0547. The van der Waals surface area contributed by atoms with Crippen LogP contribution in [-0.2, 0) is 4.74 Å². The lowest BCUT2D eigenvalue weighted by Crippen LogP contribution is -2.27. The molecule has 0 atom stereocenters. The Labute approximate surface area is 146 Å². The minimum absolute atomic E-state index is 0.425. The number of halogens is 1. The van der Waals surface area contributed by atoms with Gasteiger partial charge in [0.25, 0.3) is 0 Å². The Hall–Kier alpha value is -2.33. The average molecular weight is 343 g/mol. The fraction of sp³-hybridized carbons (Fsp3) is 0.263. The number of carbonyl (C=O) groups is 1. The molecule has 0 unspecified atom stereocenters. The zero-order valence-electron chi connectivity index (χ0n) is 14.1. The molecule has 3 rings (SSSR count). The molecule has 0 N–H and O–H groups in total. The quantitative estimate of drug-likeness (QED) is 0.552. The molecule has 0 amide bonds. The molecule has 0 saturated carbocycles. The summed E-state index contributed by atoms with van der Waals surface area (Å²) in [6, 6.07) is 13.3. The Morgan fingerprint density at radius 1 is 1.17 bits per heavy atom. The number of aromatic nitrogens is 2. The summed E-state index contributed by atoms with van der Waals surface area (Å²) >= 11 is 6.16. The Bertz CT molecular complexity index is 923. The van der Waals surface area contributed by atoms with Crippen LogP contribution in [0.4, 0.5) is 4.79 Å². The molecule has 4 nitrogen and oxygen atoms in total. The van der Waals surface area contributed by atoms with Crippen molar-refractivity contribution < 1.29 is 9.53 Å². The van der Waals surface area contributed by atoms with Crippen molar-refractivity contribution in [3.8, 4) is 11.4 Å². The monoisotopic (exact) mass is 342 g/mol. The van der Waals surface area contributed by atoms with E-state index in [1.165, 1.54) is 0 Å². The van der Waals surface area contributed by atoms with Crippen LogP contribution in [0, 0.1) is 6.92 Å². The number of para-hydroxylation sites is 1. The topological polar surface area (TPSA) is 44.1 Å². The first-order chi connectivity index (χ1) is 11.3. The van der Waals surface area contributed by atoms with Crippen molar-refractivity contribution in [1.29, 1.82) is 0 Å². The van der Waals surface area contributed by atoms with Gasteiger partial charge in [-0.25, -0.2) is 14.3 Å². The van der Waals surface area contributed by atoms with E-state index in [-0.39, 0.29) is 0 Å². The van der Waals surface area contributed by atoms with Crippen LogP contribution in [0.1, 0.15) is 26.3 Å². The predicted molar refractivity (Wildman–Crippen MR) is 96.5 cm³/mol. The Morgan fingerprint density at radius 2 is 1.88 bits per heavy atom. The van der Waals surface area contributed by atoms with Gasteiger partial charge in [0, 0.05) is 5.39 Å². The zero-order chi connectivity index (χ0) is 17.5. The van der Waals surface area contributed by atoms with Crippen LogP contribution >= 0.6 is 11.6 Å². The van der Waals surface area contributed by atoms with Gasteiger partial charge in [-0.05, 0) is 51.5 Å². The van der Waals surface area contributed by atoms with Crippen LogP contribution in [0.3, 0.4) is 0 Å². The van der Waals surface area contributed by atoms with Crippen molar-refractivity contribution in [3.05, 3.63) is 53.2 Å². The predicted octanol–water partition coefficient (Wildman–Crippen LogP) is 5.45. The van der Waals surface area contributed by atoms with Gasteiger partial charge < -0.3 is 4.74 Å². The number of rotatable bonds is 1. The molecule has 2 heterocycles. The summed E-state index contributed by atoms with van der Waals surface area (Å²) < 4.78 is 7.12. The maximum atomic E-state index is 12.8. The first kappa shape index (κ1) is 16.5. The number of ether oxygens (including phenoxy) is 1. The Kier molecular flexibility index (Phi) is 4.10. The molecule has 0 saturated heterocycles. The molecule has 0 radical (unpaired) electrons. The molecule has 2 aromatic heterocycles. The van der Waals surface area contributed by atoms with E-state index >= 15 is 0 Å². The van der Waals surface area contributed by atoms with Crippen molar-refractivity contribution in [2.24, 2.45) is 0 Å². The Balaban J connectivity index is 2.22. The maximum Gasteiger partial charge on any atom is 0.419 e. The number of nitrogens with zero attached hydrogens (tertiary/aromatic N) is 2. The average Bonchev–Trinajstić information content (AvgIpc) is 2.87. The number of carbonyl (C=O) groups excluding carboxylic acids is 1. The van der Waals surface area contributed by atoms with E-state index in [0.717, 1.165) is 16.5 Å². The first-order valence-corrected chi connectivity index (χ1v) is 8.11. The van der Waals surface area contributed by atoms with E-state index in [2.05, 4.69) is 4.98 Å². The highest BCUT2D eigenvalue weighted by Gasteiger charge is 2.23. The normalized spacial score (nSPS) is 11.7. The van der Waals surface area contributed by atoms with Crippen LogP contribution in [0.2, 0.25) is 5.15 Å². The molecule has 0 fully saturated rings. The molecule has 24 heavy (non-hydrogen) atoms. The van der Waals surface area contributed by atoms with Crippen molar-refractivity contribution in [2.75, 3.05) is 0 Å². The summed E-state index contributed by atoms with van der Waals surface area (Å²) in [5, 5.41) is 1.37. The molecule has 0 aliphatic heterocycles. The SMILES string of the molecule is Cc1ccc(-c2cc3ccccc3n2C(=O)OC(C)(C)C)nc1Cl. The third kappa shape index (κ3) is 3.15. The number of fused-ring (bicyclic) bond motifs is 1. The van der Waals surface area contributed by atoms with E-state index in [4.69, 9.17) is 16.3 Å². The van der Waals surface area contributed by atoms with Gasteiger partial charge >= 0.3 is 6.09 Å². The molecule has 124 valence electrons. The van der Waals surface area contributed by atoms with Crippen LogP contribution in [0.5, 0.6) is 0 Å². The van der Waals surface area contributed by atoms with E-state index in [1.54, 1.807) is 4.57 Å². The lowest BCUT2D eigenvalue weighted by Gasteiger charge is -2.21. The fourth-order valence-electron chi connectivity index (χ4n) is 2.49. The second kappa shape index (κ2) is 5.95. The molecular weight excluding hydrogens is 324 g/mol. The summed E-state index contributed by atoms with van der Waals surface area (Å²) in [7, 11) is 0. The largest absolute Gasteiger partial charge is 0.443 e. The summed E-state index contributed by atoms with van der Waals surface area (Å²) in [4.78, 5) is 17.2. The van der Waals surface area contributed by atoms with E-state index in [1.807, 2.05) is 70.2 Å². The highest BCUT2D eigenvalue weighted by atomic mass is 35.5. The minimum Gasteiger partial charge on any atom is -0.443 e. The molecule has 5 heteroatoms. The van der Waals surface area contributed by atoms with E-state index < -0.39 is 11.7 Å². The number of pyridine rings is 1. The van der Waals surface area contributed by atoms with Gasteiger partial charge in [-0.3, -0.25) is 0 Å². The number of hydrogen-bond acceptors (Lipinski definition) is 3. The maximum absolute atomic E-state index is 12.8. The number of benzene rings is 1. The second-order valence-corrected chi connectivity index (χ2v) is 7.07. The van der Waals surface area contributed by atoms with Crippen LogP contribution in [0.25, 0.3) is 22.3 Å². The fourth-order valence-corrected chi connectivity index (χ4v) is 2.65. The summed E-state index contributed by atoms with van der Waals surface area (Å²) in [6.07, 6.45) is -0.433. The highest BCUT2D eigenvalue weighted by molar-refractivity contribution is 6.30. The summed E-state index contributed by atoms with van der Waals surface area (Å²) in [6.45, 7) is 7.42. The summed E-state index contributed by atoms with van der Waals surface area (Å²) in [5.41, 5.74) is 2.37. The standard InChI is InChI=1S/C19H19ClN2O2/c1-12-9-10-14(21-17(12)20)16-11-13-7-5-6-8-15(13)22(16)18(23)24-19(2,3)4/h5-11H,1-4H3.